The van der Waals surface area contributed by atoms with Crippen LogP contribution in [0.5, 0.6) is 0 Å². The van der Waals surface area contributed by atoms with Crippen LogP contribution in [-0.2, 0) is 23.8 Å². The van der Waals surface area contributed by atoms with Gasteiger partial charge in [0.1, 0.15) is 11.2 Å². The second-order valence-electron chi connectivity index (χ2n) is 6.76. The predicted octanol–water partition coefficient (Wildman–Crippen LogP) is 2.22. The Morgan fingerprint density at radius 2 is 1.16 bits per heavy atom. The molecule has 0 aromatic heterocycles. The average molecular weight is 272 g/mol. The van der Waals surface area contributed by atoms with Crippen LogP contribution in [0.1, 0.15) is 54.4 Å². The molecule has 1 aliphatic rings. The molecule has 0 aromatic rings. The third kappa shape index (κ3) is 5.59. The molecular formula is C14H24O5. The molecule has 1 saturated heterocycles. The molecule has 5 heteroatoms. The number of rotatable bonds is 2. The summed E-state index contributed by atoms with van der Waals surface area (Å²) in [5.74, 6) is -0.836. The van der Waals surface area contributed by atoms with Gasteiger partial charge in [-0.3, -0.25) is 0 Å². The van der Waals surface area contributed by atoms with E-state index in [1.807, 2.05) is 0 Å². The van der Waals surface area contributed by atoms with Gasteiger partial charge >= 0.3 is 11.9 Å². The van der Waals surface area contributed by atoms with Crippen LogP contribution in [-0.4, -0.2) is 35.3 Å². The third-order valence-electron chi connectivity index (χ3n) is 2.36. The maximum Gasteiger partial charge on any atom is 0.335 e. The largest absolute Gasteiger partial charge is 0.458 e. The van der Waals surface area contributed by atoms with Crippen molar-refractivity contribution in [3.63, 3.8) is 0 Å². The van der Waals surface area contributed by atoms with Crippen LogP contribution in [0.3, 0.4) is 0 Å². The summed E-state index contributed by atoms with van der Waals surface area (Å²) in [5.41, 5.74) is -1.10. The van der Waals surface area contributed by atoms with Crippen molar-refractivity contribution in [1.29, 1.82) is 0 Å². The van der Waals surface area contributed by atoms with E-state index < -0.39 is 35.3 Å². The highest BCUT2D eigenvalue weighted by Crippen LogP contribution is 2.24. The van der Waals surface area contributed by atoms with Gasteiger partial charge in [-0.15, -0.1) is 0 Å². The van der Waals surface area contributed by atoms with Crippen LogP contribution >= 0.6 is 0 Å². The van der Waals surface area contributed by atoms with Gasteiger partial charge in [-0.05, 0) is 54.4 Å². The van der Waals surface area contributed by atoms with E-state index in [9.17, 15) is 9.59 Å². The van der Waals surface area contributed by atoms with E-state index in [0.717, 1.165) is 0 Å². The molecule has 110 valence electrons. The minimum absolute atomic E-state index is 0.418. The van der Waals surface area contributed by atoms with Gasteiger partial charge in [-0.2, -0.15) is 0 Å². The van der Waals surface area contributed by atoms with Crippen molar-refractivity contribution in [3.05, 3.63) is 0 Å². The maximum absolute atomic E-state index is 11.8. The Hall–Kier alpha value is -1.10. The smallest absolute Gasteiger partial charge is 0.335 e. The molecule has 2 atom stereocenters. The minimum Gasteiger partial charge on any atom is -0.458 e. The van der Waals surface area contributed by atoms with E-state index in [1.165, 1.54) is 0 Å². The van der Waals surface area contributed by atoms with Crippen LogP contribution in [0, 0.1) is 0 Å². The lowest BCUT2D eigenvalue weighted by Crippen LogP contribution is -2.35. The van der Waals surface area contributed by atoms with Crippen LogP contribution in [0.4, 0.5) is 0 Å². The molecular weight excluding hydrogens is 248 g/mol. The second-order valence-corrected chi connectivity index (χ2v) is 6.76. The Kier molecular flexibility index (Phi) is 4.61. The summed E-state index contributed by atoms with van der Waals surface area (Å²) >= 11 is 0. The van der Waals surface area contributed by atoms with Gasteiger partial charge < -0.3 is 14.2 Å². The zero-order chi connectivity index (χ0) is 14.8. The topological polar surface area (TPSA) is 61.8 Å². The van der Waals surface area contributed by atoms with Crippen molar-refractivity contribution < 1.29 is 23.8 Å². The van der Waals surface area contributed by atoms with Crippen molar-refractivity contribution in [1.82, 2.24) is 0 Å². The van der Waals surface area contributed by atoms with E-state index in [0.29, 0.717) is 12.8 Å². The zero-order valence-electron chi connectivity index (χ0n) is 12.6. The van der Waals surface area contributed by atoms with E-state index in [-0.39, 0.29) is 0 Å². The summed E-state index contributed by atoms with van der Waals surface area (Å²) in [6, 6.07) is 0. The summed E-state index contributed by atoms with van der Waals surface area (Å²) in [6.45, 7) is 10.8. The number of carbonyl (C=O) groups excluding carboxylic acids is 2. The molecule has 0 N–H and O–H groups in total. The summed E-state index contributed by atoms with van der Waals surface area (Å²) in [5, 5.41) is 0. The molecule has 5 nitrogen and oxygen atoms in total. The highest BCUT2D eigenvalue weighted by atomic mass is 16.6. The molecule has 0 spiro atoms. The summed E-state index contributed by atoms with van der Waals surface area (Å²) in [7, 11) is 0. The fraction of sp³-hybridized carbons (Fsp3) is 0.857. The number of esters is 2. The number of carbonyl (C=O) groups is 2. The molecule has 0 radical (unpaired) electrons. The van der Waals surface area contributed by atoms with E-state index >= 15 is 0 Å². The van der Waals surface area contributed by atoms with Crippen molar-refractivity contribution in [2.24, 2.45) is 0 Å². The first kappa shape index (κ1) is 16.0. The van der Waals surface area contributed by atoms with Gasteiger partial charge in [-0.25, -0.2) is 9.59 Å². The van der Waals surface area contributed by atoms with E-state index in [1.54, 1.807) is 41.5 Å². The minimum atomic E-state index is -0.670. The van der Waals surface area contributed by atoms with Crippen LogP contribution in [0.15, 0.2) is 0 Å². The Morgan fingerprint density at radius 1 is 0.842 bits per heavy atom. The molecule has 0 bridgehead atoms. The molecule has 1 aliphatic heterocycles. The molecule has 0 saturated carbocycles. The summed E-state index contributed by atoms with van der Waals surface area (Å²) < 4.78 is 15.9. The summed E-state index contributed by atoms with van der Waals surface area (Å²) in [4.78, 5) is 23.6. The lowest BCUT2D eigenvalue weighted by atomic mass is 10.1. The van der Waals surface area contributed by atoms with Crippen molar-refractivity contribution in [3.8, 4) is 0 Å². The molecule has 2 unspecified atom stereocenters. The number of hydrogen-bond acceptors (Lipinski definition) is 5. The molecule has 0 aromatic carbocycles. The van der Waals surface area contributed by atoms with Gasteiger partial charge in [0.2, 0.25) is 0 Å². The quantitative estimate of drug-likeness (QED) is 0.721. The lowest BCUT2D eigenvalue weighted by Gasteiger charge is -2.23. The SMILES string of the molecule is CC(C)(C)OC(=O)C1CCC(C(=O)OC(C)(C)C)O1. The Labute approximate surface area is 114 Å². The van der Waals surface area contributed by atoms with Gasteiger partial charge in [0.25, 0.3) is 0 Å². The van der Waals surface area contributed by atoms with Crippen LogP contribution in [0.2, 0.25) is 0 Å². The molecule has 0 aliphatic carbocycles. The predicted molar refractivity (Wildman–Crippen MR) is 69.6 cm³/mol. The number of ether oxygens (including phenoxy) is 3. The van der Waals surface area contributed by atoms with Crippen LogP contribution in [0.25, 0.3) is 0 Å². The Balaban J connectivity index is 2.50. The monoisotopic (exact) mass is 272 g/mol. The van der Waals surface area contributed by atoms with Gasteiger partial charge in [0.15, 0.2) is 12.2 Å². The van der Waals surface area contributed by atoms with Gasteiger partial charge in [0.05, 0.1) is 0 Å². The first-order valence-electron chi connectivity index (χ1n) is 6.59. The standard InChI is InChI=1S/C14H24O5/c1-13(2,3)18-11(15)9-7-8-10(17-9)12(16)19-14(4,5)6/h9-10H,7-8H2,1-6H3. The normalized spacial score (nSPS) is 24.1. The lowest BCUT2D eigenvalue weighted by molar-refractivity contribution is -0.176. The molecule has 19 heavy (non-hydrogen) atoms. The van der Waals surface area contributed by atoms with Crippen molar-refractivity contribution >= 4 is 11.9 Å². The summed E-state index contributed by atoms with van der Waals surface area (Å²) in [6.07, 6.45) is -0.369. The van der Waals surface area contributed by atoms with Crippen molar-refractivity contribution in [2.75, 3.05) is 0 Å². The number of hydrogen-bond donors (Lipinski definition) is 0. The molecule has 1 fully saturated rings. The fourth-order valence-corrected chi connectivity index (χ4v) is 1.72. The highest BCUT2D eigenvalue weighted by Gasteiger charge is 2.38. The Bertz CT molecular complexity index is 314. The fourth-order valence-electron chi connectivity index (χ4n) is 1.72. The average Bonchev–Trinajstić information content (AvgIpc) is 2.60. The Morgan fingerprint density at radius 3 is 1.42 bits per heavy atom. The van der Waals surface area contributed by atoms with Crippen LogP contribution < -0.4 is 0 Å². The highest BCUT2D eigenvalue weighted by molar-refractivity contribution is 5.79. The zero-order valence-corrected chi connectivity index (χ0v) is 12.6. The second kappa shape index (κ2) is 5.49. The first-order chi connectivity index (χ1) is 8.48. The molecule has 1 rings (SSSR count). The van der Waals surface area contributed by atoms with Crippen molar-refractivity contribution in [2.45, 2.75) is 77.8 Å². The van der Waals surface area contributed by atoms with E-state index in [4.69, 9.17) is 14.2 Å². The first-order valence-corrected chi connectivity index (χ1v) is 6.59. The van der Waals surface area contributed by atoms with Gasteiger partial charge in [-0.1, -0.05) is 0 Å². The maximum atomic E-state index is 11.8. The molecule has 0 amide bonds. The third-order valence-corrected chi connectivity index (χ3v) is 2.36. The van der Waals surface area contributed by atoms with Gasteiger partial charge in [0, 0.05) is 0 Å². The van der Waals surface area contributed by atoms with E-state index in [2.05, 4.69) is 0 Å². The molecule has 1 heterocycles.